The first kappa shape index (κ1) is 21.6. The molecule has 0 aliphatic carbocycles. The molecule has 0 radical (unpaired) electrons. The minimum atomic E-state index is -0.682. The van der Waals surface area contributed by atoms with Gasteiger partial charge in [0.2, 0.25) is 0 Å². The average Bonchev–Trinajstić information content (AvgIpc) is 3.12. The lowest BCUT2D eigenvalue weighted by Gasteiger charge is -2.09. The Morgan fingerprint density at radius 3 is 2.26 bits per heavy atom. The molecule has 1 heterocycles. The molecule has 0 saturated carbocycles. The summed E-state index contributed by atoms with van der Waals surface area (Å²) in [6.07, 6.45) is 0. The van der Waals surface area contributed by atoms with E-state index >= 15 is 0 Å². The van der Waals surface area contributed by atoms with Crippen LogP contribution in [0, 0.1) is 12.7 Å². The first-order chi connectivity index (χ1) is 14.8. The Hall–Kier alpha value is -4.08. The maximum atomic E-state index is 13.4. The Bertz CT molecular complexity index is 1120. The van der Waals surface area contributed by atoms with E-state index in [4.69, 9.17) is 0 Å². The van der Waals surface area contributed by atoms with E-state index in [9.17, 15) is 18.8 Å². The molecule has 1 aromatic heterocycles. The first-order valence-corrected chi connectivity index (χ1v) is 9.10. The largest absolute Gasteiger partial charge is 0.465 e. The van der Waals surface area contributed by atoms with Gasteiger partial charge in [0.15, 0.2) is 5.69 Å². The fourth-order valence-corrected chi connectivity index (χ4v) is 2.89. The monoisotopic (exact) mass is 426 g/mol. The zero-order chi connectivity index (χ0) is 22.5. The highest BCUT2D eigenvalue weighted by atomic mass is 19.1. The summed E-state index contributed by atoms with van der Waals surface area (Å²) < 4.78 is 24.2. The van der Waals surface area contributed by atoms with Crippen LogP contribution in [0.4, 0.5) is 10.1 Å². The quantitative estimate of drug-likeness (QED) is 0.603. The molecule has 0 fully saturated rings. The minimum Gasteiger partial charge on any atom is -0.465 e. The zero-order valence-corrected chi connectivity index (χ0v) is 17.0. The summed E-state index contributed by atoms with van der Waals surface area (Å²) in [6, 6.07) is 10.0. The smallest absolute Gasteiger partial charge is 0.337 e. The van der Waals surface area contributed by atoms with Crippen molar-refractivity contribution in [3.05, 3.63) is 76.4 Å². The van der Waals surface area contributed by atoms with Gasteiger partial charge in [-0.25, -0.2) is 18.7 Å². The second-order valence-electron chi connectivity index (χ2n) is 6.55. The Morgan fingerprint density at radius 2 is 1.68 bits per heavy atom. The summed E-state index contributed by atoms with van der Waals surface area (Å²) in [6.45, 7) is 1.88. The summed E-state index contributed by atoms with van der Waals surface area (Å²) in [4.78, 5) is 36.5. The molecule has 3 rings (SSSR count). The van der Waals surface area contributed by atoms with Crippen molar-refractivity contribution in [1.29, 1.82) is 0 Å². The molecule has 2 aromatic carbocycles. The summed E-state index contributed by atoms with van der Waals surface area (Å²) in [5.41, 5.74) is 1.46. The number of esters is 2. The van der Waals surface area contributed by atoms with Crippen LogP contribution in [0.25, 0.3) is 0 Å². The highest BCUT2D eigenvalue weighted by molar-refractivity contribution is 6.05. The number of methoxy groups -OCH3 is 2. The van der Waals surface area contributed by atoms with Gasteiger partial charge in [-0.05, 0) is 42.8 Å². The summed E-state index contributed by atoms with van der Waals surface area (Å²) in [5.74, 6) is -2.34. The number of nitrogens with zero attached hydrogens (tertiary/aromatic N) is 3. The number of rotatable bonds is 6. The molecule has 31 heavy (non-hydrogen) atoms. The molecule has 0 aliphatic heterocycles. The molecule has 1 N–H and O–H groups in total. The van der Waals surface area contributed by atoms with Gasteiger partial charge in [-0.15, -0.1) is 5.10 Å². The van der Waals surface area contributed by atoms with Gasteiger partial charge in [0.1, 0.15) is 5.82 Å². The number of amides is 1. The van der Waals surface area contributed by atoms with Gasteiger partial charge in [-0.2, -0.15) is 0 Å². The van der Waals surface area contributed by atoms with E-state index < -0.39 is 17.8 Å². The van der Waals surface area contributed by atoms with Crippen LogP contribution in [0.15, 0.2) is 42.5 Å². The van der Waals surface area contributed by atoms with Crippen LogP contribution in [0.1, 0.15) is 42.5 Å². The maximum absolute atomic E-state index is 13.4. The third kappa shape index (κ3) is 4.92. The molecule has 0 aliphatic rings. The Kier molecular flexibility index (Phi) is 6.39. The second-order valence-corrected chi connectivity index (χ2v) is 6.55. The minimum absolute atomic E-state index is 0.0412. The number of ether oxygens (including phenoxy) is 2. The molecule has 0 spiro atoms. The van der Waals surface area contributed by atoms with Gasteiger partial charge in [-0.3, -0.25) is 4.79 Å². The molecule has 0 bridgehead atoms. The van der Waals surface area contributed by atoms with Crippen molar-refractivity contribution in [2.24, 2.45) is 0 Å². The van der Waals surface area contributed by atoms with Gasteiger partial charge in [0.25, 0.3) is 5.91 Å². The number of carbonyl (C=O) groups is 3. The van der Waals surface area contributed by atoms with Crippen LogP contribution in [0.5, 0.6) is 0 Å². The first-order valence-electron chi connectivity index (χ1n) is 9.10. The molecular formula is C21H19FN4O5. The van der Waals surface area contributed by atoms with E-state index in [2.05, 4.69) is 25.1 Å². The van der Waals surface area contributed by atoms with Gasteiger partial charge < -0.3 is 14.8 Å². The van der Waals surface area contributed by atoms with E-state index in [1.807, 2.05) is 0 Å². The number of anilines is 1. The third-order valence-electron chi connectivity index (χ3n) is 4.45. The fourth-order valence-electron chi connectivity index (χ4n) is 2.89. The molecule has 1 amide bonds. The SMILES string of the molecule is COC(=O)c1cc(NC(=O)c2nnn(Cc3cccc(F)c3)c2C)cc(C(=O)OC)c1. The van der Waals surface area contributed by atoms with Crippen LogP contribution in [-0.2, 0) is 16.0 Å². The number of hydrogen-bond acceptors (Lipinski definition) is 7. The normalized spacial score (nSPS) is 10.5. The van der Waals surface area contributed by atoms with Crippen molar-refractivity contribution < 1.29 is 28.2 Å². The number of hydrogen-bond donors (Lipinski definition) is 1. The van der Waals surface area contributed by atoms with E-state index in [1.54, 1.807) is 19.1 Å². The maximum Gasteiger partial charge on any atom is 0.337 e. The molecule has 0 saturated heterocycles. The van der Waals surface area contributed by atoms with E-state index in [0.29, 0.717) is 11.3 Å². The number of halogens is 1. The molecule has 10 heteroatoms. The van der Waals surface area contributed by atoms with Crippen molar-refractivity contribution in [2.75, 3.05) is 19.5 Å². The lowest BCUT2D eigenvalue weighted by atomic mass is 10.1. The summed E-state index contributed by atoms with van der Waals surface area (Å²) in [5, 5.41) is 10.5. The van der Waals surface area contributed by atoms with Crippen LogP contribution in [-0.4, -0.2) is 47.1 Å². The number of benzene rings is 2. The second kappa shape index (κ2) is 9.16. The lowest BCUT2D eigenvalue weighted by Crippen LogP contribution is -2.16. The Balaban J connectivity index is 1.85. The molecule has 3 aromatic rings. The van der Waals surface area contributed by atoms with Gasteiger partial charge >= 0.3 is 11.9 Å². The van der Waals surface area contributed by atoms with Crippen LogP contribution < -0.4 is 5.32 Å². The van der Waals surface area contributed by atoms with Crippen molar-refractivity contribution in [3.8, 4) is 0 Å². The molecule has 0 unspecified atom stereocenters. The van der Waals surface area contributed by atoms with Crippen LogP contribution >= 0.6 is 0 Å². The Morgan fingerprint density at radius 1 is 1.03 bits per heavy atom. The number of carbonyl (C=O) groups excluding carboxylic acids is 3. The van der Waals surface area contributed by atoms with Crippen molar-refractivity contribution in [3.63, 3.8) is 0 Å². The standard InChI is InChI=1S/C21H19FN4O5/c1-12-18(24-25-26(12)11-13-5-4-6-16(22)7-13)19(27)23-17-9-14(20(28)30-2)8-15(10-17)21(29)31-3/h4-10H,11H2,1-3H3,(H,23,27). The zero-order valence-electron chi connectivity index (χ0n) is 17.0. The van der Waals surface area contributed by atoms with E-state index in [-0.39, 0.29) is 34.9 Å². The molecule has 160 valence electrons. The molecule has 0 atom stereocenters. The predicted molar refractivity (Wildman–Crippen MR) is 107 cm³/mol. The number of nitrogens with one attached hydrogen (secondary N) is 1. The van der Waals surface area contributed by atoms with Gasteiger partial charge in [0, 0.05) is 5.69 Å². The van der Waals surface area contributed by atoms with E-state index in [0.717, 1.165) is 0 Å². The topological polar surface area (TPSA) is 112 Å². The highest BCUT2D eigenvalue weighted by Gasteiger charge is 2.19. The highest BCUT2D eigenvalue weighted by Crippen LogP contribution is 2.18. The van der Waals surface area contributed by atoms with E-state index in [1.165, 1.54) is 49.2 Å². The third-order valence-corrected chi connectivity index (χ3v) is 4.45. The van der Waals surface area contributed by atoms with Crippen molar-refractivity contribution in [2.45, 2.75) is 13.5 Å². The lowest BCUT2D eigenvalue weighted by molar-refractivity contribution is 0.0599. The molecule has 9 nitrogen and oxygen atoms in total. The summed E-state index contributed by atoms with van der Waals surface area (Å²) >= 11 is 0. The number of aromatic nitrogens is 3. The van der Waals surface area contributed by atoms with Crippen LogP contribution in [0.2, 0.25) is 0 Å². The average molecular weight is 426 g/mol. The molecular weight excluding hydrogens is 407 g/mol. The van der Waals surface area contributed by atoms with Crippen molar-refractivity contribution >= 4 is 23.5 Å². The Labute approximate surface area is 176 Å². The predicted octanol–water partition coefficient (Wildman–Crippen LogP) is 2.60. The van der Waals surface area contributed by atoms with Crippen molar-refractivity contribution in [1.82, 2.24) is 15.0 Å². The van der Waals surface area contributed by atoms with Crippen LogP contribution in [0.3, 0.4) is 0 Å². The fraction of sp³-hybridized carbons (Fsp3) is 0.190. The van der Waals surface area contributed by atoms with Gasteiger partial charge in [0.05, 0.1) is 37.6 Å². The summed E-state index contributed by atoms with van der Waals surface area (Å²) in [7, 11) is 2.40. The van der Waals surface area contributed by atoms with Gasteiger partial charge in [-0.1, -0.05) is 17.3 Å².